The van der Waals surface area contributed by atoms with Crippen LogP contribution in [0.4, 0.5) is 0 Å². The molecular weight excluding hydrogens is 175 g/mol. The van der Waals surface area contributed by atoms with Crippen molar-refractivity contribution in [3.8, 4) is 11.5 Å². The van der Waals surface area contributed by atoms with Crippen molar-refractivity contribution in [1.29, 1.82) is 0 Å². The predicted octanol–water partition coefficient (Wildman–Crippen LogP) is 2.58. The Morgan fingerprint density at radius 2 is 2.10 bits per heavy atom. The lowest BCUT2D eigenvalue weighted by Crippen LogP contribution is -1.76. The molecule has 0 atom stereocenters. The second kappa shape index (κ2) is 2.99. The highest BCUT2D eigenvalue weighted by Crippen LogP contribution is 2.32. The highest BCUT2D eigenvalue weighted by Gasteiger charge is 2.03. The molecule has 0 bridgehead atoms. The minimum absolute atomic E-state index is 0.0418. The first-order chi connectivity index (χ1) is 4.75. The number of benzene rings is 1. The molecule has 0 saturated heterocycles. The van der Waals surface area contributed by atoms with E-state index in [4.69, 9.17) is 28.6 Å². The standard InChI is InChI=1S/C6H4Cl2O2/c7-6-4(9)2-1-3-5(6)10-8/h1-3,9H. The highest BCUT2D eigenvalue weighted by atomic mass is 35.5. The van der Waals surface area contributed by atoms with E-state index < -0.39 is 0 Å². The zero-order valence-electron chi connectivity index (χ0n) is 4.84. The quantitative estimate of drug-likeness (QED) is 0.717. The minimum atomic E-state index is -0.0418. The molecule has 0 fully saturated rings. The van der Waals surface area contributed by atoms with Gasteiger partial charge in [-0.2, -0.15) is 0 Å². The van der Waals surface area contributed by atoms with Crippen molar-refractivity contribution in [3.05, 3.63) is 23.2 Å². The first kappa shape index (κ1) is 7.51. The fourth-order valence-electron chi connectivity index (χ4n) is 0.559. The lowest BCUT2D eigenvalue weighted by atomic mass is 10.3. The normalized spacial score (nSPS) is 9.40. The molecular formula is C6H4Cl2O2. The molecule has 0 amide bonds. The fraction of sp³-hybridized carbons (Fsp3) is 0. The first-order valence-corrected chi connectivity index (χ1v) is 3.20. The van der Waals surface area contributed by atoms with E-state index >= 15 is 0 Å². The van der Waals surface area contributed by atoms with Crippen LogP contribution in [-0.2, 0) is 0 Å². The molecule has 0 saturated carbocycles. The largest absolute Gasteiger partial charge is 0.506 e. The van der Waals surface area contributed by atoms with Crippen molar-refractivity contribution in [3.63, 3.8) is 0 Å². The summed E-state index contributed by atoms with van der Waals surface area (Å²) in [6, 6.07) is 4.58. The van der Waals surface area contributed by atoms with Gasteiger partial charge in [-0.3, -0.25) is 0 Å². The summed E-state index contributed by atoms with van der Waals surface area (Å²) < 4.78 is 4.31. The number of phenols is 1. The lowest BCUT2D eigenvalue weighted by molar-refractivity contribution is 0.472. The molecule has 1 rings (SSSR count). The van der Waals surface area contributed by atoms with Gasteiger partial charge in [-0.1, -0.05) is 17.7 Å². The summed E-state index contributed by atoms with van der Waals surface area (Å²) in [5.74, 6) is 0.211. The van der Waals surface area contributed by atoms with Gasteiger partial charge in [-0.05, 0) is 12.1 Å². The third kappa shape index (κ3) is 1.28. The Bertz CT molecular complexity index is 237. The van der Waals surface area contributed by atoms with Gasteiger partial charge < -0.3 is 9.40 Å². The molecule has 2 nitrogen and oxygen atoms in total. The average Bonchev–Trinajstić information content (AvgIpc) is 1.95. The Kier molecular flexibility index (Phi) is 2.25. The lowest BCUT2D eigenvalue weighted by Gasteiger charge is -1.99. The zero-order valence-corrected chi connectivity index (χ0v) is 6.36. The summed E-state index contributed by atoms with van der Waals surface area (Å²) in [5.41, 5.74) is 0. The van der Waals surface area contributed by atoms with Crippen molar-refractivity contribution < 1.29 is 9.40 Å². The summed E-state index contributed by atoms with van der Waals surface area (Å²) in [7, 11) is 0. The molecule has 0 unspecified atom stereocenters. The second-order valence-corrected chi connectivity index (χ2v) is 2.20. The molecule has 1 aromatic rings. The molecule has 0 aliphatic heterocycles. The molecule has 0 radical (unpaired) electrons. The third-order valence-corrected chi connectivity index (χ3v) is 1.57. The average molecular weight is 179 g/mol. The predicted molar refractivity (Wildman–Crippen MR) is 39.6 cm³/mol. The summed E-state index contributed by atoms with van der Waals surface area (Å²) in [5, 5.41) is 9.08. The molecule has 1 N–H and O–H groups in total. The van der Waals surface area contributed by atoms with Crippen LogP contribution >= 0.6 is 23.5 Å². The van der Waals surface area contributed by atoms with E-state index in [1.165, 1.54) is 6.07 Å². The number of aromatic hydroxyl groups is 1. The van der Waals surface area contributed by atoms with Crippen molar-refractivity contribution in [1.82, 2.24) is 0 Å². The van der Waals surface area contributed by atoms with Crippen molar-refractivity contribution in [2.75, 3.05) is 0 Å². The highest BCUT2D eigenvalue weighted by molar-refractivity contribution is 6.33. The first-order valence-electron chi connectivity index (χ1n) is 2.52. The van der Waals surface area contributed by atoms with Crippen LogP contribution in [0.2, 0.25) is 5.02 Å². The number of hydrogen-bond acceptors (Lipinski definition) is 2. The van der Waals surface area contributed by atoms with Crippen LogP contribution in [0.15, 0.2) is 18.2 Å². The minimum Gasteiger partial charge on any atom is -0.506 e. The van der Waals surface area contributed by atoms with Crippen LogP contribution < -0.4 is 4.29 Å². The number of rotatable bonds is 1. The van der Waals surface area contributed by atoms with Crippen molar-refractivity contribution in [2.24, 2.45) is 0 Å². The molecule has 0 heterocycles. The molecule has 4 heteroatoms. The Labute approximate surface area is 68.1 Å². The summed E-state index contributed by atoms with van der Waals surface area (Å²) in [6.07, 6.45) is 0. The number of halogens is 2. The molecule has 0 aliphatic carbocycles. The van der Waals surface area contributed by atoms with E-state index in [1.807, 2.05) is 0 Å². The van der Waals surface area contributed by atoms with Crippen LogP contribution in [0.3, 0.4) is 0 Å². The van der Waals surface area contributed by atoms with Crippen LogP contribution in [0.25, 0.3) is 0 Å². The topological polar surface area (TPSA) is 29.5 Å². The molecule has 54 valence electrons. The SMILES string of the molecule is Oc1cccc(OCl)c1Cl. The van der Waals surface area contributed by atoms with Gasteiger partial charge in [0.25, 0.3) is 0 Å². The Morgan fingerprint density at radius 3 is 2.60 bits per heavy atom. The van der Waals surface area contributed by atoms with Gasteiger partial charge >= 0.3 is 0 Å². The third-order valence-electron chi connectivity index (χ3n) is 1.03. The summed E-state index contributed by atoms with van der Waals surface area (Å²) in [4.78, 5) is 0. The number of hydrogen-bond donors (Lipinski definition) is 1. The molecule has 1 aromatic carbocycles. The Balaban J connectivity index is 3.14. The zero-order chi connectivity index (χ0) is 7.56. The van der Waals surface area contributed by atoms with E-state index in [9.17, 15) is 0 Å². The van der Waals surface area contributed by atoms with Gasteiger partial charge in [-0.15, -0.1) is 0 Å². The van der Waals surface area contributed by atoms with Gasteiger partial charge in [0.05, 0.1) is 0 Å². The Hall–Kier alpha value is -0.600. The Morgan fingerprint density at radius 1 is 1.40 bits per heavy atom. The second-order valence-electron chi connectivity index (χ2n) is 1.67. The molecule has 0 aromatic heterocycles. The monoisotopic (exact) mass is 178 g/mol. The van der Waals surface area contributed by atoms with E-state index in [0.29, 0.717) is 0 Å². The maximum absolute atomic E-state index is 8.96. The fourth-order valence-corrected chi connectivity index (χ4v) is 0.891. The molecule has 10 heavy (non-hydrogen) atoms. The van der Waals surface area contributed by atoms with Gasteiger partial charge in [0.1, 0.15) is 22.6 Å². The van der Waals surface area contributed by atoms with E-state index in [2.05, 4.69) is 4.29 Å². The van der Waals surface area contributed by atoms with Gasteiger partial charge in [0, 0.05) is 0 Å². The smallest absolute Gasteiger partial charge is 0.168 e. The van der Waals surface area contributed by atoms with Crippen LogP contribution in [0.5, 0.6) is 11.5 Å². The maximum Gasteiger partial charge on any atom is 0.168 e. The number of phenolic OH excluding ortho intramolecular Hbond substituents is 1. The molecule has 0 aliphatic rings. The van der Waals surface area contributed by atoms with Crippen molar-refractivity contribution in [2.45, 2.75) is 0 Å². The van der Waals surface area contributed by atoms with Crippen LogP contribution in [0.1, 0.15) is 0 Å². The van der Waals surface area contributed by atoms with Crippen LogP contribution in [0, 0.1) is 0 Å². The summed E-state index contributed by atoms with van der Waals surface area (Å²) in [6.45, 7) is 0. The maximum atomic E-state index is 8.96. The van der Waals surface area contributed by atoms with Gasteiger partial charge in [0.2, 0.25) is 0 Å². The summed E-state index contributed by atoms with van der Waals surface area (Å²) >= 11 is 10.5. The van der Waals surface area contributed by atoms with E-state index in [1.54, 1.807) is 12.1 Å². The van der Waals surface area contributed by atoms with Crippen LogP contribution in [-0.4, -0.2) is 5.11 Å². The van der Waals surface area contributed by atoms with E-state index in [-0.39, 0.29) is 16.5 Å². The molecule has 0 spiro atoms. The van der Waals surface area contributed by atoms with E-state index in [0.717, 1.165) is 0 Å². The van der Waals surface area contributed by atoms with Crippen molar-refractivity contribution >= 4 is 23.5 Å². The van der Waals surface area contributed by atoms with Gasteiger partial charge in [-0.25, -0.2) is 0 Å². The van der Waals surface area contributed by atoms with Gasteiger partial charge in [0.15, 0.2) is 5.75 Å².